The monoisotopic (exact) mass is 270 g/mol. The Kier molecular flexibility index (Phi) is 4.60. The van der Waals surface area contributed by atoms with Crippen molar-refractivity contribution in [1.29, 1.82) is 0 Å². The predicted octanol–water partition coefficient (Wildman–Crippen LogP) is 3.21. The van der Waals surface area contributed by atoms with Crippen molar-refractivity contribution >= 4 is 11.6 Å². The van der Waals surface area contributed by atoms with E-state index in [1.165, 1.54) is 12.5 Å². The molecule has 0 amide bonds. The van der Waals surface area contributed by atoms with Gasteiger partial charge in [0.05, 0.1) is 6.04 Å². The average Bonchev–Trinajstić information content (AvgIpc) is 2.34. The fraction of sp³-hybridized carbons (Fsp3) is 0.571. The van der Waals surface area contributed by atoms with E-state index in [1.807, 2.05) is 0 Å². The highest BCUT2D eigenvalue weighted by Gasteiger charge is 2.27. The molecule has 2 atom stereocenters. The molecule has 2 nitrogen and oxygen atoms in total. The molecule has 100 valence electrons. The summed E-state index contributed by atoms with van der Waals surface area (Å²) in [5.74, 6) is 0.384. The first-order valence-corrected chi connectivity index (χ1v) is 6.89. The van der Waals surface area contributed by atoms with Crippen molar-refractivity contribution in [2.45, 2.75) is 25.8 Å². The molecule has 0 spiro atoms. The van der Waals surface area contributed by atoms with Crippen molar-refractivity contribution < 1.29 is 4.39 Å². The molecule has 0 radical (unpaired) electrons. The van der Waals surface area contributed by atoms with Crippen molar-refractivity contribution in [3.63, 3.8) is 0 Å². The summed E-state index contributed by atoms with van der Waals surface area (Å²) in [6.07, 6.45) is 2.38. The number of likely N-dealkylation sites (tertiary alicyclic amines) is 1. The van der Waals surface area contributed by atoms with Crippen LogP contribution in [0.15, 0.2) is 18.2 Å². The van der Waals surface area contributed by atoms with Crippen LogP contribution in [0.5, 0.6) is 0 Å². The number of halogens is 2. The van der Waals surface area contributed by atoms with Crippen LogP contribution in [0.3, 0.4) is 0 Å². The molecule has 2 rings (SSSR count). The smallest absolute Gasteiger partial charge is 0.129 e. The fourth-order valence-electron chi connectivity index (χ4n) is 2.79. The molecule has 1 fully saturated rings. The number of benzene rings is 1. The van der Waals surface area contributed by atoms with Gasteiger partial charge in [0.1, 0.15) is 5.82 Å². The van der Waals surface area contributed by atoms with Gasteiger partial charge in [-0.15, -0.1) is 0 Å². The minimum atomic E-state index is -0.254. The second kappa shape index (κ2) is 6.00. The van der Waals surface area contributed by atoms with E-state index in [1.54, 1.807) is 12.1 Å². The van der Waals surface area contributed by atoms with E-state index >= 15 is 0 Å². The standard InChI is InChI=1S/C14H20ClFN2/c1-10-4-3-7-18(9-10)13(8-17)14-11(15)5-2-6-12(14)16/h2,5-6,10,13H,3-4,7-9,17H2,1H3/t10-,13-/m1/s1. The van der Waals surface area contributed by atoms with Crippen molar-refractivity contribution in [2.75, 3.05) is 19.6 Å². The van der Waals surface area contributed by atoms with Crippen LogP contribution >= 0.6 is 11.6 Å². The Hall–Kier alpha value is -0.640. The van der Waals surface area contributed by atoms with Gasteiger partial charge in [0.2, 0.25) is 0 Å². The second-order valence-electron chi connectivity index (χ2n) is 5.13. The summed E-state index contributed by atoms with van der Waals surface area (Å²) in [7, 11) is 0. The molecular formula is C14H20ClFN2. The van der Waals surface area contributed by atoms with Gasteiger partial charge in [-0.1, -0.05) is 24.6 Å². The molecule has 1 aliphatic rings. The Morgan fingerprint density at radius 2 is 2.33 bits per heavy atom. The van der Waals surface area contributed by atoms with Gasteiger partial charge < -0.3 is 5.73 Å². The molecule has 0 saturated carbocycles. The van der Waals surface area contributed by atoms with E-state index in [9.17, 15) is 4.39 Å². The molecule has 0 aliphatic carbocycles. The van der Waals surface area contributed by atoms with Crippen LogP contribution < -0.4 is 5.73 Å². The Morgan fingerprint density at radius 3 is 2.94 bits per heavy atom. The zero-order chi connectivity index (χ0) is 13.1. The number of nitrogens with zero attached hydrogens (tertiary/aromatic N) is 1. The maximum absolute atomic E-state index is 14.0. The van der Waals surface area contributed by atoms with Gasteiger partial charge >= 0.3 is 0 Å². The first kappa shape index (κ1) is 13.8. The molecule has 1 aliphatic heterocycles. The lowest BCUT2D eigenvalue weighted by Crippen LogP contribution is -2.40. The molecule has 18 heavy (non-hydrogen) atoms. The first-order valence-electron chi connectivity index (χ1n) is 6.51. The van der Waals surface area contributed by atoms with Gasteiger partial charge in [-0.2, -0.15) is 0 Å². The van der Waals surface area contributed by atoms with Gasteiger partial charge in [0, 0.05) is 23.7 Å². The van der Waals surface area contributed by atoms with E-state index in [-0.39, 0.29) is 11.9 Å². The zero-order valence-corrected chi connectivity index (χ0v) is 11.5. The van der Waals surface area contributed by atoms with E-state index in [0.29, 0.717) is 23.0 Å². The lowest BCUT2D eigenvalue weighted by molar-refractivity contribution is 0.131. The Bertz CT molecular complexity index is 391. The molecule has 1 aromatic carbocycles. The van der Waals surface area contributed by atoms with Crippen molar-refractivity contribution in [3.05, 3.63) is 34.6 Å². The van der Waals surface area contributed by atoms with Crippen molar-refractivity contribution in [3.8, 4) is 0 Å². The van der Waals surface area contributed by atoms with E-state index < -0.39 is 0 Å². The number of hydrogen-bond donors (Lipinski definition) is 1. The third-order valence-electron chi connectivity index (χ3n) is 3.69. The third-order valence-corrected chi connectivity index (χ3v) is 4.01. The summed E-state index contributed by atoms with van der Waals surface area (Å²) in [4.78, 5) is 2.26. The van der Waals surface area contributed by atoms with Crippen LogP contribution in [0.2, 0.25) is 5.02 Å². The number of rotatable bonds is 3. The maximum atomic E-state index is 14.0. The number of nitrogens with two attached hydrogens (primary N) is 1. The topological polar surface area (TPSA) is 29.3 Å². The Morgan fingerprint density at radius 1 is 1.56 bits per heavy atom. The molecule has 4 heteroatoms. The van der Waals surface area contributed by atoms with E-state index in [2.05, 4.69) is 11.8 Å². The highest BCUT2D eigenvalue weighted by Crippen LogP contribution is 2.32. The largest absolute Gasteiger partial charge is 0.329 e. The second-order valence-corrected chi connectivity index (χ2v) is 5.54. The van der Waals surface area contributed by atoms with Crippen LogP contribution in [0.1, 0.15) is 31.4 Å². The quantitative estimate of drug-likeness (QED) is 0.914. The lowest BCUT2D eigenvalue weighted by atomic mass is 9.96. The maximum Gasteiger partial charge on any atom is 0.129 e. The molecule has 2 N–H and O–H groups in total. The SMILES string of the molecule is C[C@@H]1CCCN([C@H](CN)c2c(F)cccc2Cl)C1. The minimum Gasteiger partial charge on any atom is -0.329 e. The molecule has 1 heterocycles. The molecule has 0 unspecified atom stereocenters. The van der Waals surface area contributed by atoms with Gasteiger partial charge in [0.25, 0.3) is 0 Å². The van der Waals surface area contributed by atoms with Gasteiger partial charge in [0.15, 0.2) is 0 Å². The predicted molar refractivity (Wildman–Crippen MR) is 73.2 cm³/mol. The zero-order valence-electron chi connectivity index (χ0n) is 10.7. The van der Waals surface area contributed by atoms with Crippen LogP contribution in [0.25, 0.3) is 0 Å². The van der Waals surface area contributed by atoms with Gasteiger partial charge in [-0.3, -0.25) is 4.90 Å². The summed E-state index contributed by atoms with van der Waals surface area (Å²) >= 11 is 6.14. The molecule has 1 saturated heterocycles. The van der Waals surface area contributed by atoms with Crippen LogP contribution in [0.4, 0.5) is 4.39 Å². The number of piperidine rings is 1. The summed E-state index contributed by atoms with van der Waals surface area (Å²) < 4.78 is 14.0. The summed E-state index contributed by atoms with van der Waals surface area (Å²) in [5.41, 5.74) is 6.40. The molecule has 0 aromatic heterocycles. The van der Waals surface area contributed by atoms with Crippen LogP contribution in [0, 0.1) is 11.7 Å². The Labute approximate surface area is 113 Å². The average molecular weight is 271 g/mol. The number of hydrogen-bond acceptors (Lipinski definition) is 2. The molecule has 1 aromatic rings. The van der Waals surface area contributed by atoms with E-state index in [0.717, 1.165) is 19.5 Å². The van der Waals surface area contributed by atoms with Gasteiger partial charge in [-0.05, 0) is 37.4 Å². The summed E-state index contributed by atoms with van der Waals surface area (Å²) in [6.45, 7) is 4.56. The highest BCUT2D eigenvalue weighted by molar-refractivity contribution is 6.31. The van der Waals surface area contributed by atoms with Crippen molar-refractivity contribution in [2.24, 2.45) is 11.7 Å². The van der Waals surface area contributed by atoms with Crippen LogP contribution in [-0.2, 0) is 0 Å². The van der Waals surface area contributed by atoms with Crippen LogP contribution in [-0.4, -0.2) is 24.5 Å². The third kappa shape index (κ3) is 2.85. The molecule has 0 bridgehead atoms. The normalized spacial score (nSPS) is 23.0. The summed E-state index contributed by atoms with van der Waals surface area (Å²) in [5, 5.41) is 0.476. The fourth-order valence-corrected chi connectivity index (χ4v) is 3.08. The van der Waals surface area contributed by atoms with Gasteiger partial charge in [-0.25, -0.2) is 4.39 Å². The highest BCUT2D eigenvalue weighted by atomic mass is 35.5. The van der Waals surface area contributed by atoms with E-state index in [4.69, 9.17) is 17.3 Å². The molecular weight excluding hydrogens is 251 g/mol. The summed E-state index contributed by atoms with van der Waals surface area (Å²) in [6, 6.07) is 4.71. The first-order chi connectivity index (χ1) is 8.63. The Balaban J connectivity index is 2.27. The lowest BCUT2D eigenvalue weighted by Gasteiger charge is -2.37. The van der Waals surface area contributed by atoms with Crippen molar-refractivity contribution in [1.82, 2.24) is 4.90 Å². The minimum absolute atomic E-state index is 0.110.